The zero-order valence-corrected chi connectivity index (χ0v) is 13.0. The smallest absolute Gasteiger partial charge is 0.140 e. The molecule has 110 valence electrons. The zero-order chi connectivity index (χ0) is 14.5. The summed E-state index contributed by atoms with van der Waals surface area (Å²) in [4.78, 5) is 9.51. The van der Waals surface area contributed by atoms with Crippen molar-refractivity contribution in [2.24, 2.45) is 0 Å². The minimum absolute atomic E-state index is 0.960. The van der Waals surface area contributed by atoms with Crippen LogP contribution in [0.4, 0.5) is 5.82 Å². The van der Waals surface area contributed by atoms with E-state index in [0.717, 1.165) is 54.9 Å². The second-order valence-electron chi connectivity index (χ2n) is 4.96. The van der Waals surface area contributed by atoms with Crippen LogP contribution in [0.1, 0.15) is 26.5 Å². The van der Waals surface area contributed by atoms with Gasteiger partial charge in [0.15, 0.2) is 0 Å². The predicted octanol–water partition coefficient (Wildman–Crippen LogP) is 3.17. The summed E-state index contributed by atoms with van der Waals surface area (Å²) in [6.45, 7) is 10.4. The number of piperazine rings is 1. The molecule has 0 aromatic carbocycles. The molecule has 0 saturated carbocycles. The number of hydrogen-bond donors (Lipinski definition) is 0. The number of hydrogen-bond acceptors (Lipinski definition) is 4. The van der Waals surface area contributed by atoms with Crippen molar-refractivity contribution in [3.05, 3.63) is 24.3 Å². The molecule has 0 unspecified atom stereocenters. The highest BCUT2D eigenvalue weighted by Crippen LogP contribution is 2.27. The topological polar surface area (TPSA) is 32.5 Å². The van der Waals surface area contributed by atoms with Gasteiger partial charge in [-0.2, -0.15) is 0 Å². The fraction of sp³-hybridized carbons (Fsp3) is 0.562. The highest BCUT2D eigenvalue weighted by molar-refractivity contribution is 5.91. The maximum atomic E-state index is 5.34. The fourth-order valence-electron chi connectivity index (χ4n) is 2.45. The number of nitrogens with zero attached hydrogens (tertiary/aromatic N) is 3. The average Bonchev–Trinajstić information content (AvgIpc) is 2.97. The first kappa shape index (κ1) is 14.9. The van der Waals surface area contributed by atoms with Gasteiger partial charge in [0.1, 0.15) is 12.1 Å². The Hall–Kier alpha value is -1.55. The largest absolute Gasteiger partial charge is 0.471 e. The van der Waals surface area contributed by atoms with Gasteiger partial charge in [-0.3, -0.25) is 0 Å². The number of furan rings is 1. The summed E-state index contributed by atoms with van der Waals surface area (Å²) < 4.78 is 5.34. The monoisotopic (exact) mass is 275 g/mol. The maximum Gasteiger partial charge on any atom is 0.140 e. The molecular formula is C16H25N3O. The number of fused-ring (bicyclic) bond motifs is 1. The minimum atomic E-state index is 0.960. The van der Waals surface area contributed by atoms with Crippen LogP contribution < -0.4 is 4.90 Å². The molecule has 0 amide bonds. The highest BCUT2D eigenvalue weighted by atomic mass is 16.3. The van der Waals surface area contributed by atoms with Gasteiger partial charge in [0.05, 0.1) is 11.6 Å². The molecule has 0 N–H and O–H groups in total. The molecule has 3 rings (SSSR count). The maximum absolute atomic E-state index is 5.34. The summed E-state index contributed by atoms with van der Waals surface area (Å²) in [5.74, 6) is 1.09. The summed E-state index contributed by atoms with van der Waals surface area (Å²) in [6.07, 6.45) is 4.59. The van der Waals surface area contributed by atoms with Gasteiger partial charge in [-0.1, -0.05) is 20.8 Å². The van der Waals surface area contributed by atoms with Gasteiger partial charge in [-0.15, -0.1) is 0 Å². The average molecular weight is 275 g/mol. The molecule has 1 saturated heterocycles. The van der Waals surface area contributed by atoms with Crippen LogP contribution in [0.2, 0.25) is 0 Å². The van der Waals surface area contributed by atoms with Crippen molar-refractivity contribution in [2.45, 2.75) is 27.2 Å². The summed E-state index contributed by atoms with van der Waals surface area (Å²) in [5.41, 5.74) is 1.14. The fourth-order valence-corrected chi connectivity index (χ4v) is 2.45. The van der Waals surface area contributed by atoms with E-state index in [2.05, 4.69) is 29.8 Å². The van der Waals surface area contributed by atoms with E-state index in [1.54, 1.807) is 0 Å². The Morgan fingerprint density at radius 2 is 1.85 bits per heavy atom. The molecular weight excluding hydrogens is 250 g/mol. The summed E-state index contributed by atoms with van der Waals surface area (Å²) in [5, 5.41) is 2.30. The molecule has 1 aliphatic rings. The van der Waals surface area contributed by atoms with Gasteiger partial charge in [0.25, 0.3) is 0 Å². The van der Waals surface area contributed by atoms with Gasteiger partial charge in [0.2, 0.25) is 0 Å². The van der Waals surface area contributed by atoms with E-state index in [0.29, 0.717) is 0 Å². The van der Waals surface area contributed by atoms with Crippen LogP contribution in [-0.2, 0) is 6.42 Å². The lowest BCUT2D eigenvalue weighted by Gasteiger charge is -2.33. The summed E-state index contributed by atoms with van der Waals surface area (Å²) >= 11 is 0. The third-order valence-corrected chi connectivity index (χ3v) is 3.67. The van der Waals surface area contributed by atoms with Crippen molar-refractivity contribution in [2.75, 3.05) is 38.1 Å². The number of aromatic nitrogens is 1. The molecule has 1 fully saturated rings. The standard InChI is InChI=1S/C14H19N3O.C2H6/c1-3-12-8-11-9-18-10-13(11)14(15-12)17-6-4-16(2)5-7-17;1-2/h8-10H,3-7H2,1-2H3;1-2H3. The molecule has 2 aromatic heterocycles. The molecule has 0 aliphatic carbocycles. The van der Waals surface area contributed by atoms with Gasteiger partial charge in [-0.05, 0) is 19.5 Å². The molecule has 0 spiro atoms. The highest BCUT2D eigenvalue weighted by Gasteiger charge is 2.18. The molecule has 0 bridgehead atoms. The molecule has 1 aliphatic heterocycles. The predicted molar refractivity (Wildman–Crippen MR) is 84.4 cm³/mol. The van der Waals surface area contributed by atoms with Gasteiger partial charge < -0.3 is 14.2 Å². The number of aryl methyl sites for hydroxylation is 1. The Balaban J connectivity index is 0.000000704. The molecule has 0 radical (unpaired) electrons. The van der Waals surface area contributed by atoms with Crippen LogP contribution in [0.15, 0.2) is 23.0 Å². The lowest BCUT2D eigenvalue weighted by Crippen LogP contribution is -2.44. The number of pyridine rings is 1. The summed E-state index contributed by atoms with van der Waals surface area (Å²) in [7, 11) is 2.17. The lowest BCUT2D eigenvalue weighted by atomic mass is 10.2. The Labute approximate surface area is 121 Å². The van der Waals surface area contributed by atoms with E-state index in [4.69, 9.17) is 9.40 Å². The number of likely N-dealkylation sites (N-methyl/N-ethyl adjacent to an activating group) is 1. The van der Waals surface area contributed by atoms with Crippen LogP contribution in [0, 0.1) is 0 Å². The van der Waals surface area contributed by atoms with E-state index in [-0.39, 0.29) is 0 Å². The van der Waals surface area contributed by atoms with E-state index >= 15 is 0 Å². The zero-order valence-electron chi connectivity index (χ0n) is 13.0. The Bertz CT molecular complexity index is 542. The Morgan fingerprint density at radius 1 is 1.15 bits per heavy atom. The van der Waals surface area contributed by atoms with Crippen molar-refractivity contribution in [3.8, 4) is 0 Å². The van der Waals surface area contributed by atoms with Gasteiger partial charge in [-0.25, -0.2) is 4.98 Å². The number of rotatable bonds is 2. The molecule has 4 heteroatoms. The molecule has 20 heavy (non-hydrogen) atoms. The Kier molecular flexibility index (Phi) is 5.01. The van der Waals surface area contributed by atoms with Crippen molar-refractivity contribution in [1.82, 2.24) is 9.88 Å². The lowest BCUT2D eigenvalue weighted by molar-refractivity contribution is 0.312. The Morgan fingerprint density at radius 3 is 2.50 bits per heavy atom. The second-order valence-corrected chi connectivity index (χ2v) is 4.96. The van der Waals surface area contributed by atoms with Crippen molar-refractivity contribution < 1.29 is 4.42 Å². The van der Waals surface area contributed by atoms with Crippen molar-refractivity contribution in [3.63, 3.8) is 0 Å². The van der Waals surface area contributed by atoms with E-state index in [9.17, 15) is 0 Å². The number of anilines is 1. The minimum Gasteiger partial charge on any atom is -0.471 e. The first-order valence-corrected chi connectivity index (χ1v) is 7.57. The first-order chi connectivity index (χ1) is 9.78. The van der Waals surface area contributed by atoms with Crippen LogP contribution in [-0.4, -0.2) is 43.1 Å². The van der Waals surface area contributed by atoms with E-state index < -0.39 is 0 Å². The van der Waals surface area contributed by atoms with Crippen molar-refractivity contribution >= 4 is 16.6 Å². The molecule has 3 heterocycles. The third-order valence-electron chi connectivity index (χ3n) is 3.67. The molecule has 2 aromatic rings. The second kappa shape index (κ2) is 6.75. The van der Waals surface area contributed by atoms with Crippen LogP contribution in [0.5, 0.6) is 0 Å². The van der Waals surface area contributed by atoms with Crippen molar-refractivity contribution in [1.29, 1.82) is 0 Å². The molecule has 0 atom stereocenters. The van der Waals surface area contributed by atoms with Crippen LogP contribution in [0.25, 0.3) is 10.8 Å². The van der Waals surface area contributed by atoms with E-state index in [1.807, 2.05) is 26.4 Å². The quantitative estimate of drug-likeness (QED) is 0.842. The van der Waals surface area contributed by atoms with Gasteiger partial charge in [0, 0.05) is 37.3 Å². The van der Waals surface area contributed by atoms with Crippen LogP contribution >= 0.6 is 0 Å². The first-order valence-electron chi connectivity index (χ1n) is 7.57. The SMILES string of the molecule is CC.CCc1cc2cocc2c(N2CCN(C)CC2)n1. The normalized spacial score (nSPS) is 16.1. The third kappa shape index (κ3) is 2.96. The van der Waals surface area contributed by atoms with Crippen LogP contribution in [0.3, 0.4) is 0 Å². The van der Waals surface area contributed by atoms with Gasteiger partial charge >= 0.3 is 0 Å². The molecule has 4 nitrogen and oxygen atoms in total. The van der Waals surface area contributed by atoms with E-state index in [1.165, 1.54) is 0 Å². The summed E-state index contributed by atoms with van der Waals surface area (Å²) in [6, 6.07) is 2.12.